The highest BCUT2D eigenvalue weighted by molar-refractivity contribution is 7.79. The molecule has 280 valence electrons. The van der Waals surface area contributed by atoms with Crippen LogP contribution in [-0.4, -0.2) is 33.5 Å². The molecule has 0 saturated carbocycles. The lowest BCUT2D eigenvalue weighted by molar-refractivity contribution is 1.18. The number of thiol groups is 1. The van der Waals surface area contributed by atoms with Crippen LogP contribution in [0.3, 0.4) is 0 Å². The van der Waals surface area contributed by atoms with Crippen LogP contribution in [-0.2, 0) is 0 Å². The van der Waals surface area contributed by atoms with Crippen LogP contribution < -0.4 is 4.90 Å². The Labute approximate surface area is 352 Å². The maximum Gasteiger partial charge on any atom is 0.129 e. The summed E-state index contributed by atoms with van der Waals surface area (Å²) in [7, 11) is 0. The van der Waals surface area contributed by atoms with Gasteiger partial charge in [0, 0.05) is 27.6 Å². The highest BCUT2D eigenvalue weighted by Gasteiger charge is 2.31. The van der Waals surface area contributed by atoms with Gasteiger partial charge in [0.25, 0.3) is 0 Å². The van der Waals surface area contributed by atoms with Crippen LogP contribution in [0.2, 0.25) is 0 Å². The van der Waals surface area contributed by atoms with Gasteiger partial charge in [0.1, 0.15) is 27.8 Å². The van der Waals surface area contributed by atoms with Crippen LogP contribution in [0.15, 0.2) is 180 Å². The summed E-state index contributed by atoms with van der Waals surface area (Å²) in [5.41, 5.74) is 15.4. The van der Waals surface area contributed by atoms with E-state index >= 15 is 0 Å². The van der Waals surface area contributed by atoms with Crippen molar-refractivity contribution in [3.8, 4) is 27.9 Å². The van der Waals surface area contributed by atoms with Crippen LogP contribution in [0.25, 0.3) is 77.4 Å². The second-order valence-corrected chi connectivity index (χ2v) is 15.4. The molecule has 0 amide bonds. The fourth-order valence-corrected chi connectivity index (χ4v) is 9.51. The van der Waals surface area contributed by atoms with E-state index in [0.29, 0.717) is 11.4 Å². The first-order valence-corrected chi connectivity index (χ1v) is 20.8. The number of fused-ring (bicyclic) bond motifs is 5. The Balaban J connectivity index is 1.01. The number of hydrogen-bond acceptors (Lipinski definition) is 10. The van der Waals surface area contributed by atoms with Gasteiger partial charge in [-0.2, -0.15) is 17.5 Å². The topological polar surface area (TPSA) is 95.9 Å². The lowest BCUT2D eigenvalue weighted by atomic mass is 9.91. The van der Waals surface area contributed by atoms with Gasteiger partial charge in [0.2, 0.25) is 0 Å². The monoisotopic (exact) mass is 814 g/mol. The third-order valence-corrected chi connectivity index (χ3v) is 12.2. The Bertz CT molecular complexity index is 3360. The molecule has 1 N–H and O–H groups in total. The van der Waals surface area contributed by atoms with E-state index in [9.17, 15) is 5.41 Å². The number of aromatic nitrogens is 5. The zero-order chi connectivity index (χ0) is 39.5. The number of anilines is 2. The van der Waals surface area contributed by atoms with E-state index in [1.54, 1.807) is 0 Å². The van der Waals surface area contributed by atoms with Crippen LogP contribution in [0.4, 0.5) is 11.4 Å². The van der Waals surface area contributed by atoms with Crippen LogP contribution in [0.1, 0.15) is 5.56 Å². The van der Waals surface area contributed by atoms with E-state index in [2.05, 4.69) is 140 Å². The predicted octanol–water partition coefficient (Wildman–Crippen LogP) is 12.6. The number of nitrogens with zero attached hydrogens (tertiary/aromatic N) is 7. The molecule has 11 rings (SSSR count). The summed E-state index contributed by atoms with van der Waals surface area (Å²) in [5.74, 6) is 0. The molecule has 10 aromatic rings. The van der Waals surface area contributed by atoms with Crippen LogP contribution in [0, 0.1) is 5.41 Å². The Kier molecular flexibility index (Phi) is 8.58. The van der Waals surface area contributed by atoms with E-state index in [1.807, 2.05) is 60.7 Å². The minimum absolute atomic E-state index is 0.266. The molecule has 3 aromatic heterocycles. The fraction of sp³-hybridized carbons (Fsp3) is 0. The molecule has 3 heterocycles. The van der Waals surface area contributed by atoms with E-state index in [4.69, 9.17) is 13.1 Å². The first-order valence-electron chi connectivity index (χ1n) is 18.9. The van der Waals surface area contributed by atoms with Gasteiger partial charge in [-0.15, -0.1) is 0 Å². The maximum absolute atomic E-state index is 9.32. The van der Waals surface area contributed by atoms with Gasteiger partial charge in [0.05, 0.1) is 57.3 Å². The molecular formula is C48H30N8S3. The SMILES string of the molecule is N=C1C(c2ccccc2)=CC=C(N(c2cccc3nsnc23)c2ccc(-c3ccc(-c4ccc5c(c4)c4ccccc4n5-c4ccccc4)cc3)c3nsnc23)/C1=N/S. The lowest BCUT2D eigenvalue weighted by Crippen LogP contribution is -2.30. The quantitative estimate of drug-likeness (QED) is 0.123. The van der Waals surface area contributed by atoms with Crippen molar-refractivity contribution in [3.63, 3.8) is 0 Å². The Morgan fingerprint density at radius 3 is 2.05 bits per heavy atom. The number of rotatable bonds is 7. The van der Waals surface area contributed by atoms with E-state index < -0.39 is 0 Å². The van der Waals surface area contributed by atoms with Gasteiger partial charge in [-0.05, 0) is 102 Å². The maximum atomic E-state index is 9.32. The normalized spacial score (nSPS) is 13.8. The molecule has 0 bridgehead atoms. The van der Waals surface area contributed by atoms with Crippen molar-refractivity contribution < 1.29 is 0 Å². The first-order chi connectivity index (χ1) is 29.2. The Hall–Kier alpha value is -7.05. The number of nitrogens with one attached hydrogen (secondary N) is 1. The molecule has 0 atom stereocenters. The van der Waals surface area contributed by atoms with Gasteiger partial charge < -0.3 is 9.47 Å². The molecule has 0 spiro atoms. The average molecular weight is 815 g/mol. The largest absolute Gasteiger partial charge is 0.309 e. The molecule has 59 heavy (non-hydrogen) atoms. The summed E-state index contributed by atoms with van der Waals surface area (Å²) in [4.78, 5) is 2.06. The summed E-state index contributed by atoms with van der Waals surface area (Å²) in [6, 6.07) is 54.5. The van der Waals surface area contributed by atoms with Crippen molar-refractivity contribution in [2.75, 3.05) is 4.90 Å². The second kappa shape index (κ2) is 14.4. The molecule has 11 heteroatoms. The molecule has 1 aliphatic carbocycles. The minimum atomic E-state index is 0.266. The molecule has 0 fully saturated rings. The van der Waals surface area contributed by atoms with Gasteiger partial charge in [0.15, 0.2) is 0 Å². The first kappa shape index (κ1) is 35.1. The second-order valence-electron chi connectivity index (χ2n) is 14.2. The molecule has 0 radical (unpaired) electrons. The van der Waals surface area contributed by atoms with Gasteiger partial charge in [-0.25, -0.2) is 4.40 Å². The zero-order valence-corrected chi connectivity index (χ0v) is 33.6. The third-order valence-electron chi connectivity index (χ3n) is 10.9. The third kappa shape index (κ3) is 5.81. The highest BCUT2D eigenvalue weighted by Crippen LogP contribution is 2.43. The fourth-order valence-electron chi connectivity index (χ4n) is 8.20. The number of benzene rings is 7. The smallest absolute Gasteiger partial charge is 0.129 e. The molecule has 0 saturated heterocycles. The molecular weight excluding hydrogens is 785 g/mol. The summed E-state index contributed by atoms with van der Waals surface area (Å²) in [6.45, 7) is 0. The Morgan fingerprint density at radius 2 is 1.22 bits per heavy atom. The number of hydrogen-bond donors (Lipinski definition) is 2. The molecule has 1 aliphatic rings. The lowest BCUT2D eigenvalue weighted by Gasteiger charge is -2.31. The highest BCUT2D eigenvalue weighted by atomic mass is 32.1. The predicted molar refractivity (Wildman–Crippen MR) is 249 cm³/mol. The van der Waals surface area contributed by atoms with Crippen LogP contribution >= 0.6 is 36.3 Å². The average Bonchev–Trinajstić information content (AvgIpc) is 4.06. The molecule has 8 nitrogen and oxygen atoms in total. The van der Waals surface area contributed by atoms with E-state index in [0.717, 1.165) is 84.2 Å². The van der Waals surface area contributed by atoms with Crippen molar-refractivity contribution in [1.82, 2.24) is 22.1 Å². The summed E-state index contributed by atoms with van der Waals surface area (Å²) < 4.78 is 25.7. The van der Waals surface area contributed by atoms with Crippen molar-refractivity contribution in [3.05, 3.63) is 181 Å². The standard InChI is InChI=1S/C48H30N8S3/c49-44-34(30-10-3-1-4-11-30)23-26-42(47(44)50-57)56(41-17-9-15-38-46(41)53-58-51-38)43-27-24-35(45-48(43)54-59-52-45)31-20-18-29(19-21-31)32-22-25-40-37(28-32)36-14-7-8-16-39(36)55(40)33-12-5-2-6-13-33/h1-28,49,57H/b49-44?,50-47-. The van der Waals surface area contributed by atoms with Crippen LogP contribution in [0.5, 0.6) is 0 Å². The van der Waals surface area contributed by atoms with E-state index in [1.165, 1.54) is 33.5 Å². The minimum Gasteiger partial charge on any atom is -0.309 e. The molecule has 0 unspecified atom stereocenters. The molecule has 0 aliphatic heterocycles. The van der Waals surface area contributed by atoms with Gasteiger partial charge in [-0.1, -0.05) is 103 Å². The summed E-state index contributed by atoms with van der Waals surface area (Å²) in [5, 5.41) is 11.8. The summed E-state index contributed by atoms with van der Waals surface area (Å²) >= 11 is 6.76. The van der Waals surface area contributed by atoms with Gasteiger partial charge >= 0.3 is 0 Å². The van der Waals surface area contributed by atoms with Crippen molar-refractivity contribution in [2.24, 2.45) is 4.40 Å². The van der Waals surface area contributed by atoms with E-state index in [-0.39, 0.29) is 5.71 Å². The number of para-hydroxylation sites is 2. The van der Waals surface area contributed by atoms with Crippen molar-refractivity contribution in [1.29, 1.82) is 5.41 Å². The summed E-state index contributed by atoms with van der Waals surface area (Å²) in [6.07, 6.45) is 3.95. The Morgan fingerprint density at radius 1 is 0.542 bits per heavy atom. The molecule has 7 aromatic carbocycles. The van der Waals surface area contributed by atoms with Crippen molar-refractivity contribution >= 4 is 109 Å². The van der Waals surface area contributed by atoms with Gasteiger partial charge in [-0.3, -0.25) is 5.41 Å². The number of allylic oxidation sites excluding steroid dienone is 4. The van der Waals surface area contributed by atoms with Crippen molar-refractivity contribution in [2.45, 2.75) is 0 Å². The zero-order valence-electron chi connectivity index (χ0n) is 31.1.